The Balaban J connectivity index is 1.21. The first kappa shape index (κ1) is 36.4. The average molecular weight is 666 g/mol. The molecular formula is C43H71NO4. The van der Waals surface area contributed by atoms with Crippen LogP contribution in [0.25, 0.3) is 0 Å². The molecule has 0 radical (unpaired) electrons. The zero-order chi connectivity index (χ0) is 35.1. The van der Waals surface area contributed by atoms with Crippen LogP contribution in [0.4, 0.5) is 0 Å². The summed E-state index contributed by atoms with van der Waals surface area (Å²) in [6.45, 7) is 24.8. The molecule has 0 aromatic rings. The van der Waals surface area contributed by atoms with Crippen LogP contribution in [-0.2, 0) is 14.3 Å². The third-order valence-corrected chi connectivity index (χ3v) is 17.1. The number of carboxylic acids is 1. The summed E-state index contributed by atoms with van der Waals surface area (Å²) >= 11 is 0. The summed E-state index contributed by atoms with van der Waals surface area (Å²) < 4.78 is 6.30. The standard InChI is InChI=1S/C43H71NO4/c1-28(2)30-16-22-43(19-11-25-44(10)29-12-13-29)24-23-41(8)31(37(30)43)14-15-33-40(7)20-18-34(39(5,6)32(40)17-21-42(33,41)9)48-36(47)27-38(3,4)26-35(45)46/h29-34,37H,1,11-27H2,2-10H3,(H,45,46)/t30-,31+,32-,33+,34-,37+,40-,41+,42+,43+/m0/s1. The minimum absolute atomic E-state index is 0.0241. The van der Waals surface area contributed by atoms with Gasteiger partial charge in [0.2, 0.25) is 0 Å². The van der Waals surface area contributed by atoms with Crippen LogP contribution in [0.1, 0.15) is 158 Å². The molecule has 10 atom stereocenters. The van der Waals surface area contributed by atoms with Crippen molar-refractivity contribution < 1.29 is 19.4 Å². The van der Waals surface area contributed by atoms with Crippen LogP contribution in [0.2, 0.25) is 0 Å². The number of esters is 1. The second-order valence-corrected chi connectivity index (χ2v) is 20.6. The molecule has 6 saturated carbocycles. The Morgan fingerprint density at radius 1 is 0.854 bits per heavy atom. The molecule has 6 aliphatic rings. The molecule has 48 heavy (non-hydrogen) atoms. The second kappa shape index (κ2) is 12.4. The van der Waals surface area contributed by atoms with Crippen molar-refractivity contribution in [2.24, 2.45) is 62.1 Å². The summed E-state index contributed by atoms with van der Waals surface area (Å²) in [4.78, 5) is 27.2. The van der Waals surface area contributed by atoms with Gasteiger partial charge in [-0.2, -0.15) is 0 Å². The largest absolute Gasteiger partial charge is 0.481 e. The van der Waals surface area contributed by atoms with Gasteiger partial charge in [-0.25, -0.2) is 0 Å². The quantitative estimate of drug-likeness (QED) is 0.176. The Labute approximate surface area is 293 Å². The van der Waals surface area contributed by atoms with Crippen molar-refractivity contribution in [3.63, 3.8) is 0 Å². The van der Waals surface area contributed by atoms with Crippen molar-refractivity contribution in [1.82, 2.24) is 4.90 Å². The van der Waals surface area contributed by atoms with Crippen molar-refractivity contribution >= 4 is 11.9 Å². The van der Waals surface area contributed by atoms with Crippen molar-refractivity contribution in [3.8, 4) is 0 Å². The van der Waals surface area contributed by atoms with E-state index in [9.17, 15) is 14.7 Å². The maximum Gasteiger partial charge on any atom is 0.306 e. The van der Waals surface area contributed by atoms with Gasteiger partial charge in [-0.05, 0) is 167 Å². The highest BCUT2D eigenvalue weighted by molar-refractivity contribution is 5.73. The number of rotatable bonds is 11. The predicted molar refractivity (Wildman–Crippen MR) is 194 cm³/mol. The number of nitrogens with zero attached hydrogens (tertiary/aromatic N) is 1. The minimum atomic E-state index is -0.862. The molecule has 0 aliphatic heterocycles. The Kier molecular flexibility index (Phi) is 9.41. The van der Waals surface area contributed by atoms with Crippen LogP contribution >= 0.6 is 0 Å². The molecule has 0 spiro atoms. The number of carbonyl (C=O) groups excluding carboxylic acids is 1. The van der Waals surface area contributed by atoms with E-state index >= 15 is 0 Å². The maximum atomic E-state index is 13.2. The van der Waals surface area contributed by atoms with Crippen molar-refractivity contribution in [2.75, 3.05) is 13.6 Å². The first-order valence-electron chi connectivity index (χ1n) is 20.1. The molecule has 272 valence electrons. The van der Waals surface area contributed by atoms with Crippen molar-refractivity contribution in [2.45, 2.75) is 170 Å². The fourth-order valence-electron chi connectivity index (χ4n) is 14.3. The average Bonchev–Trinajstić information content (AvgIpc) is 3.75. The zero-order valence-electron chi connectivity index (χ0n) is 32.4. The monoisotopic (exact) mass is 666 g/mol. The molecule has 0 heterocycles. The van der Waals surface area contributed by atoms with Crippen LogP contribution in [-0.4, -0.2) is 47.7 Å². The topological polar surface area (TPSA) is 66.8 Å². The molecule has 1 N–H and O–H groups in total. The summed E-state index contributed by atoms with van der Waals surface area (Å²) in [6, 6.07) is 0.856. The normalized spacial score (nSPS) is 43.5. The molecule has 0 aromatic heterocycles. The molecule has 5 heteroatoms. The van der Waals surface area contributed by atoms with Crippen molar-refractivity contribution in [1.29, 1.82) is 0 Å². The molecule has 0 unspecified atom stereocenters. The van der Waals surface area contributed by atoms with E-state index in [0.717, 1.165) is 30.7 Å². The number of allylic oxidation sites excluding steroid dienone is 1. The summed E-state index contributed by atoms with van der Waals surface area (Å²) in [7, 11) is 2.36. The summed E-state index contributed by atoms with van der Waals surface area (Å²) in [5, 5.41) is 9.34. The number of hydrogen-bond acceptors (Lipinski definition) is 4. The maximum absolute atomic E-state index is 13.2. The fourth-order valence-corrected chi connectivity index (χ4v) is 14.3. The molecule has 0 saturated heterocycles. The first-order valence-corrected chi connectivity index (χ1v) is 20.1. The Morgan fingerprint density at radius 2 is 1.56 bits per heavy atom. The molecule has 0 amide bonds. The van der Waals surface area contributed by atoms with Crippen molar-refractivity contribution in [3.05, 3.63) is 12.2 Å². The summed E-state index contributed by atoms with van der Waals surface area (Å²) in [6.07, 6.45) is 18.4. The first-order chi connectivity index (χ1) is 22.3. The fraction of sp³-hybridized carbons (Fsp3) is 0.907. The lowest BCUT2D eigenvalue weighted by molar-refractivity contribution is -0.250. The zero-order valence-corrected chi connectivity index (χ0v) is 32.4. The number of ether oxygens (including phenoxy) is 1. The Hall–Kier alpha value is -1.36. The van der Waals surface area contributed by atoms with Gasteiger partial charge in [-0.3, -0.25) is 9.59 Å². The van der Waals surface area contributed by atoms with Gasteiger partial charge in [0, 0.05) is 11.5 Å². The van der Waals surface area contributed by atoms with Gasteiger partial charge >= 0.3 is 11.9 Å². The third-order valence-electron chi connectivity index (χ3n) is 17.1. The van der Waals surface area contributed by atoms with Crippen LogP contribution in [0, 0.1) is 62.1 Å². The van der Waals surface area contributed by atoms with E-state index in [1.807, 2.05) is 13.8 Å². The van der Waals surface area contributed by atoms with Gasteiger partial charge < -0.3 is 14.7 Å². The van der Waals surface area contributed by atoms with Gasteiger partial charge in [0.25, 0.3) is 0 Å². The molecular weight excluding hydrogens is 594 g/mol. The van der Waals surface area contributed by atoms with E-state index in [2.05, 4.69) is 60.1 Å². The van der Waals surface area contributed by atoms with Crippen LogP contribution in [0.15, 0.2) is 12.2 Å². The van der Waals surface area contributed by atoms with E-state index in [4.69, 9.17) is 4.74 Å². The smallest absolute Gasteiger partial charge is 0.306 e. The Bertz CT molecular complexity index is 1270. The number of hydrogen-bond donors (Lipinski definition) is 1. The molecule has 6 rings (SSSR count). The number of carbonyl (C=O) groups is 2. The van der Waals surface area contributed by atoms with Gasteiger partial charge in [0.1, 0.15) is 6.10 Å². The lowest BCUT2D eigenvalue weighted by atomic mass is 9.32. The molecule has 0 aromatic carbocycles. The lowest BCUT2D eigenvalue weighted by Gasteiger charge is -2.73. The van der Waals surface area contributed by atoms with E-state index in [-0.39, 0.29) is 35.7 Å². The lowest BCUT2D eigenvalue weighted by Crippen LogP contribution is -2.66. The molecule has 6 fully saturated rings. The SMILES string of the molecule is C=C(C)[C@@H]1CC[C@]2(CCCN(C)C3CC3)CC[C@]3(C)[C@H](CC[C@@H]4[C@@]5(C)CC[C@H](OC(=O)CC(C)(C)CC(=O)O)C(C)(C)[C@@H]5CC[C@]43C)[C@@H]12. The number of fused-ring (bicyclic) bond motifs is 7. The molecule has 0 bridgehead atoms. The third kappa shape index (κ3) is 5.94. The van der Waals surface area contributed by atoms with Gasteiger partial charge in [-0.15, -0.1) is 0 Å². The highest BCUT2D eigenvalue weighted by Crippen LogP contribution is 2.78. The van der Waals surface area contributed by atoms with E-state index in [0.29, 0.717) is 34.0 Å². The van der Waals surface area contributed by atoms with Gasteiger partial charge in [-0.1, -0.05) is 60.6 Å². The summed E-state index contributed by atoms with van der Waals surface area (Å²) in [5.74, 6) is 2.39. The van der Waals surface area contributed by atoms with Crippen LogP contribution in [0.3, 0.4) is 0 Å². The van der Waals surface area contributed by atoms with Gasteiger partial charge in [0.05, 0.1) is 12.8 Å². The van der Waals surface area contributed by atoms with E-state index in [1.165, 1.54) is 89.2 Å². The summed E-state index contributed by atoms with van der Waals surface area (Å²) in [5.41, 5.74) is 2.15. The van der Waals surface area contributed by atoms with E-state index in [1.54, 1.807) is 0 Å². The minimum Gasteiger partial charge on any atom is -0.481 e. The number of aliphatic carboxylic acids is 1. The molecule has 6 aliphatic carbocycles. The second-order valence-electron chi connectivity index (χ2n) is 20.6. The van der Waals surface area contributed by atoms with E-state index < -0.39 is 11.4 Å². The predicted octanol–water partition coefficient (Wildman–Crippen LogP) is 10.3. The highest BCUT2D eigenvalue weighted by atomic mass is 16.5. The molecule has 5 nitrogen and oxygen atoms in total. The Morgan fingerprint density at radius 3 is 2.21 bits per heavy atom. The van der Waals surface area contributed by atoms with Crippen LogP contribution < -0.4 is 0 Å². The van der Waals surface area contributed by atoms with Crippen LogP contribution in [0.5, 0.6) is 0 Å². The van der Waals surface area contributed by atoms with Gasteiger partial charge in [0.15, 0.2) is 0 Å². The number of carboxylic acid groups (broad SMARTS) is 1. The highest BCUT2D eigenvalue weighted by Gasteiger charge is 2.71.